The van der Waals surface area contributed by atoms with Crippen molar-refractivity contribution in [1.82, 2.24) is 0 Å². The number of furan rings is 1. The summed E-state index contributed by atoms with van der Waals surface area (Å²) in [5.41, 5.74) is 2.22. The maximum Gasteiger partial charge on any atom is 0.265 e. The van der Waals surface area contributed by atoms with E-state index in [1.54, 1.807) is 31.2 Å². The first-order chi connectivity index (χ1) is 12.6. The molecule has 1 aromatic heterocycles. The molecular formula is C21H16ClNO3. The number of carbonyl (C=O) groups is 1. The molecule has 1 atom stereocenters. The Morgan fingerprint density at radius 3 is 2.54 bits per heavy atom. The van der Waals surface area contributed by atoms with Crippen LogP contribution in [0.2, 0.25) is 5.02 Å². The second-order valence-electron chi connectivity index (χ2n) is 6.01. The van der Waals surface area contributed by atoms with Gasteiger partial charge in [0, 0.05) is 27.5 Å². The van der Waals surface area contributed by atoms with Crippen molar-refractivity contribution in [1.29, 1.82) is 0 Å². The topological polar surface area (TPSA) is 51.5 Å². The van der Waals surface area contributed by atoms with E-state index in [9.17, 15) is 4.79 Å². The van der Waals surface area contributed by atoms with Crippen LogP contribution in [0, 0.1) is 0 Å². The number of anilines is 1. The van der Waals surface area contributed by atoms with Crippen LogP contribution in [0.15, 0.2) is 71.1 Å². The van der Waals surface area contributed by atoms with Crippen molar-refractivity contribution in [2.24, 2.45) is 0 Å². The van der Waals surface area contributed by atoms with Gasteiger partial charge in [-0.15, -0.1) is 0 Å². The van der Waals surface area contributed by atoms with E-state index in [-0.39, 0.29) is 5.91 Å². The molecule has 130 valence electrons. The number of hydrogen-bond donors (Lipinski definition) is 1. The molecule has 0 unspecified atom stereocenters. The van der Waals surface area contributed by atoms with Crippen molar-refractivity contribution < 1.29 is 13.9 Å². The van der Waals surface area contributed by atoms with Gasteiger partial charge in [-0.05, 0) is 49.4 Å². The van der Waals surface area contributed by atoms with Gasteiger partial charge in [-0.25, -0.2) is 0 Å². The lowest BCUT2D eigenvalue weighted by Crippen LogP contribution is -2.30. The fraction of sp³-hybridized carbons (Fsp3) is 0.0952. The summed E-state index contributed by atoms with van der Waals surface area (Å²) in [7, 11) is 0. The Morgan fingerprint density at radius 1 is 1.00 bits per heavy atom. The molecule has 0 fully saturated rings. The van der Waals surface area contributed by atoms with E-state index in [2.05, 4.69) is 5.32 Å². The highest BCUT2D eigenvalue weighted by atomic mass is 35.5. The number of ether oxygens (including phenoxy) is 1. The van der Waals surface area contributed by atoms with Crippen LogP contribution in [0.1, 0.15) is 6.92 Å². The summed E-state index contributed by atoms with van der Waals surface area (Å²) in [4.78, 5) is 12.4. The second-order valence-corrected chi connectivity index (χ2v) is 6.45. The van der Waals surface area contributed by atoms with Crippen LogP contribution < -0.4 is 10.1 Å². The SMILES string of the molecule is C[C@H](Oc1ccc(Cl)cc1)C(=O)Nc1ccc2c(c1)oc1ccccc12. The van der Waals surface area contributed by atoms with E-state index in [1.165, 1.54) is 0 Å². The Morgan fingerprint density at radius 2 is 1.73 bits per heavy atom. The maximum atomic E-state index is 12.4. The van der Waals surface area contributed by atoms with Gasteiger partial charge in [0.1, 0.15) is 16.9 Å². The zero-order valence-corrected chi connectivity index (χ0v) is 14.8. The monoisotopic (exact) mass is 365 g/mol. The van der Waals surface area contributed by atoms with Gasteiger partial charge in [0.05, 0.1) is 0 Å². The van der Waals surface area contributed by atoms with Crippen LogP contribution in [0.5, 0.6) is 5.75 Å². The van der Waals surface area contributed by atoms with Gasteiger partial charge in [0.25, 0.3) is 5.91 Å². The van der Waals surface area contributed by atoms with Gasteiger partial charge in [-0.1, -0.05) is 29.8 Å². The average Bonchev–Trinajstić information content (AvgIpc) is 3.01. The van der Waals surface area contributed by atoms with E-state index in [0.717, 1.165) is 21.9 Å². The molecule has 4 nitrogen and oxygen atoms in total. The fourth-order valence-corrected chi connectivity index (χ4v) is 2.94. The third-order valence-electron chi connectivity index (χ3n) is 4.14. The van der Waals surface area contributed by atoms with Crippen LogP contribution in [-0.2, 0) is 4.79 Å². The summed E-state index contributed by atoms with van der Waals surface area (Å²) in [6, 6.07) is 20.4. The van der Waals surface area contributed by atoms with Gasteiger partial charge >= 0.3 is 0 Å². The molecule has 26 heavy (non-hydrogen) atoms. The largest absolute Gasteiger partial charge is 0.481 e. The molecule has 5 heteroatoms. The zero-order valence-electron chi connectivity index (χ0n) is 14.0. The lowest BCUT2D eigenvalue weighted by atomic mass is 10.1. The van der Waals surface area contributed by atoms with E-state index in [1.807, 2.05) is 42.5 Å². The molecule has 1 heterocycles. The molecule has 1 N–H and O–H groups in total. The van der Waals surface area contributed by atoms with E-state index < -0.39 is 6.10 Å². The minimum Gasteiger partial charge on any atom is -0.481 e. The Balaban J connectivity index is 1.51. The molecule has 1 amide bonds. The number of halogens is 1. The highest BCUT2D eigenvalue weighted by Gasteiger charge is 2.16. The third-order valence-corrected chi connectivity index (χ3v) is 4.39. The maximum absolute atomic E-state index is 12.4. The number of rotatable bonds is 4. The van der Waals surface area contributed by atoms with Crippen molar-refractivity contribution >= 4 is 45.1 Å². The highest BCUT2D eigenvalue weighted by molar-refractivity contribution is 6.30. The first-order valence-electron chi connectivity index (χ1n) is 8.24. The molecule has 4 aromatic rings. The van der Waals surface area contributed by atoms with E-state index >= 15 is 0 Å². The van der Waals surface area contributed by atoms with Crippen molar-refractivity contribution in [2.75, 3.05) is 5.32 Å². The summed E-state index contributed by atoms with van der Waals surface area (Å²) < 4.78 is 11.5. The van der Waals surface area contributed by atoms with Crippen molar-refractivity contribution in [2.45, 2.75) is 13.0 Å². The van der Waals surface area contributed by atoms with Crippen molar-refractivity contribution in [3.05, 3.63) is 71.8 Å². The first-order valence-corrected chi connectivity index (χ1v) is 8.62. The average molecular weight is 366 g/mol. The van der Waals surface area contributed by atoms with E-state index in [0.29, 0.717) is 16.5 Å². The van der Waals surface area contributed by atoms with Crippen LogP contribution in [0.4, 0.5) is 5.69 Å². The Kier molecular flexibility index (Phi) is 4.27. The Hall–Kier alpha value is -2.98. The lowest BCUT2D eigenvalue weighted by Gasteiger charge is -2.14. The van der Waals surface area contributed by atoms with Gasteiger partial charge in [0.15, 0.2) is 6.10 Å². The molecule has 4 rings (SSSR count). The minimum absolute atomic E-state index is 0.240. The molecule has 0 radical (unpaired) electrons. The molecule has 0 aliphatic heterocycles. The van der Waals surface area contributed by atoms with Crippen LogP contribution in [-0.4, -0.2) is 12.0 Å². The van der Waals surface area contributed by atoms with Crippen molar-refractivity contribution in [3.8, 4) is 5.75 Å². The Bertz CT molecular complexity index is 1090. The Labute approximate surface area is 155 Å². The van der Waals surface area contributed by atoms with Gasteiger partial charge in [-0.2, -0.15) is 0 Å². The summed E-state index contributed by atoms with van der Waals surface area (Å²) >= 11 is 5.85. The molecule has 0 saturated carbocycles. The van der Waals surface area contributed by atoms with Gasteiger partial charge in [-0.3, -0.25) is 4.79 Å². The van der Waals surface area contributed by atoms with Gasteiger partial charge in [0.2, 0.25) is 0 Å². The zero-order chi connectivity index (χ0) is 18.1. The second kappa shape index (κ2) is 6.73. The number of carbonyl (C=O) groups excluding carboxylic acids is 1. The normalized spacial score (nSPS) is 12.2. The lowest BCUT2D eigenvalue weighted by molar-refractivity contribution is -0.122. The molecule has 3 aromatic carbocycles. The highest BCUT2D eigenvalue weighted by Crippen LogP contribution is 2.30. The number of benzene rings is 3. The molecule has 0 aliphatic rings. The third kappa shape index (κ3) is 3.24. The van der Waals surface area contributed by atoms with Crippen molar-refractivity contribution in [3.63, 3.8) is 0 Å². The summed E-state index contributed by atoms with van der Waals surface area (Å²) in [5.74, 6) is 0.347. The standard InChI is InChI=1S/C21H16ClNO3/c1-13(25-16-9-6-14(22)7-10-16)21(24)23-15-8-11-18-17-4-2-3-5-19(17)26-20(18)12-15/h2-13H,1H3,(H,23,24)/t13-/m0/s1. The quantitative estimate of drug-likeness (QED) is 0.508. The molecule has 0 aliphatic carbocycles. The van der Waals surface area contributed by atoms with Gasteiger partial charge < -0.3 is 14.5 Å². The minimum atomic E-state index is -0.650. The summed E-state index contributed by atoms with van der Waals surface area (Å²) in [6.07, 6.45) is -0.650. The fourth-order valence-electron chi connectivity index (χ4n) is 2.82. The number of fused-ring (bicyclic) bond motifs is 3. The molecular weight excluding hydrogens is 350 g/mol. The van der Waals surface area contributed by atoms with Crippen LogP contribution in [0.3, 0.4) is 0 Å². The molecule has 0 saturated heterocycles. The smallest absolute Gasteiger partial charge is 0.265 e. The number of amides is 1. The van der Waals surface area contributed by atoms with Crippen LogP contribution in [0.25, 0.3) is 21.9 Å². The predicted molar refractivity (Wildman–Crippen MR) is 104 cm³/mol. The predicted octanol–water partition coefficient (Wildman–Crippen LogP) is 5.65. The van der Waals surface area contributed by atoms with E-state index in [4.69, 9.17) is 20.8 Å². The van der Waals surface area contributed by atoms with Crippen LogP contribution >= 0.6 is 11.6 Å². The molecule has 0 spiro atoms. The first kappa shape index (κ1) is 16.5. The number of hydrogen-bond acceptors (Lipinski definition) is 3. The number of nitrogens with one attached hydrogen (secondary N) is 1. The number of para-hydroxylation sites is 1. The molecule has 0 bridgehead atoms. The summed E-state index contributed by atoms with van der Waals surface area (Å²) in [6.45, 7) is 1.70. The summed E-state index contributed by atoms with van der Waals surface area (Å²) in [5, 5.41) is 5.55.